The van der Waals surface area contributed by atoms with Crippen molar-refractivity contribution in [1.82, 2.24) is 0 Å². The molecule has 0 saturated heterocycles. The number of aryl methyl sites for hydroxylation is 2. The summed E-state index contributed by atoms with van der Waals surface area (Å²) in [5.74, 6) is 1.22. The zero-order valence-corrected chi connectivity index (χ0v) is 16.2. The Hall–Kier alpha value is -2.73. The Morgan fingerprint density at radius 2 is 1.93 bits per heavy atom. The summed E-state index contributed by atoms with van der Waals surface area (Å²) in [7, 11) is 0. The summed E-state index contributed by atoms with van der Waals surface area (Å²) in [6, 6.07) is 13.8. The Morgan fingerprint density at radius 3 is 2.67 bits per heavy atom. The number of carbonyl (C=O) groups excluding carboxylic acids is 1. The minimum absolute atomic E-state index is 0.266. The van der Waals surface area contributed by atoms with Crippen molar-refractivity contribution >= 4 is 28.9 Å². The maximum absolute atomic E-state index is 11.8. The molecule has 2 N–H and O–H groups in total. The van der Waals surface area contributed by atoms with E-state index in [1.54, 1.807) is 6.08 Å². The maximum atomic E-state index is 11.8. The van der Waals surface area contributed by atoms with Crippen LogP contribution >= 0.6 is 11.8 Å². The lowest BCUT2D eigenvalue weighted by molar-refractivity contribution is -0.113. The Bertz CT molecular complexity index is 906. The number of aliphatic imine (C=N–C) groups is 1. The highest BCUT2D eigenvalue weighted by Gasteiger charge is 2.20. The molecular formula is C21H22N2O3S. The minimum atomic E-state index is -0.318. The van der Waals surface area contributed by atoms with Crippen LogP contribution in [0.4, 0.5) is 0 Å². The largest absolute Gasteiger partial charge is 0.490 e. The second-order valence-electron chi connectivity index (χ2n) is 6.11. The number of amides is 1. The summed E-state index contributed by atoms with van der Waals surface area (Å²) >= 11 is 1.17. The summed E-state index contributed by atoms with van der Waals surface area (Å²) in [5, 5.41) is 0.266. The van der Waals surface area contributed by atoms with Crippen LogP contribution in [0.2, 0.25) is 0 Å². The van der Waals surface area contributed by atoms with Gasteiger partial charge in [0, 0.05) is 5.56 Å². The predicted octanol–water partition coefficient (Wildman–Crippen LogP) is 3.94. The fourth-order valence-corrected chi connectivity index (χ4v) is 3.39. The van der Waals surface area contributed by atoms with Gasteiger partial charge in [0.2, 0.25) is 0 Å². The van der Waals surface area contributed by atoms with Crippen molar-refractivity contribution in [2.75, 3.05) is 13.2 Å². The number of nitrogens with zero attached hydrogens (tertiary/aromatic N) is 1. The highest BCUT2D eigenvalue weighted by Crippen LogP contribution is 2.29. The number of amidine groups is 1. The number of ether oxygens (including phenoxy) is 2. The Labute approximate surface area is 163 Å². The fraction of sp³-hybridized carbons (Fsp3) is 0.238. The Morgan fingerprint density at radius 1 is 1.15 bits per heavy atom. The van der Waals surface area contributed by atoms with Crippen molar-refractivity contribution in [2.45, 2.75) is 20.3 Å². The van der Waals surface area contributed by atoms with E-state index in [0.717, 1.165) is 17.7 Å². The normalized spacial score (nSPS) is 15.1. The van der Waals surface area contributed by atoms with Crippen LogP contribution in [0.25, 0.3) is 6.08 Å². The number of para-hydroxylation sites is 1. The fourth-order valence-electron chi connectivity index (χ4n) is 2.72. The van der Waals surface area contributed by atoms with Gasteiger partial charge in [0.15, 0.2) is 5.17 Å². The van der Waals surface area contributed by atoms with Gasteiger partial charge in [-0.25, -0.2) is 0 Å². The average Bonchev–Trinajstić information content (AvgIpc) is 2.96. The summed E-state index contributed by atoms with van der Waals surface area (Å²) in [6.07, 6.45) is 2.72. The molecule has 0 fully saturated rings. The number of nitrogens with two attached hydrogens (primary N) is 1. The Balaban J connectivity index is 1.60. The molecule has 1 aliphatic rings. The molecule has 0 unspecified atom stereocenters. The van der Waals surface area contributed by atoms with Crippen LogP contribution in [0.15, 0.2) is 52.4 Å². The van der Waals surface area contributed by atoms with Crippen molar-refractivity contribution in [3.8, 4) is 11.5 Å². The van der Waals surface area contributed by atoms with Crippen LogP contribution in [0.5, 0.6) is 11.5 Å². The minimum Gasteiger partial charge on any atom is -0.490 e. The maximum Gasteiger partial charge on any atom is 0.286 e. The van der Waals surface area contributed by atoms with Crippen molar-refractivity contribution in [3.05, 3.63) is 64.1 Å². The zero-order chi connectivity index (χ0) is 19.2. The number of rotatable bonds is 7. The van der Waals surface area contributed by atoms with Gasteiger partial charge in [-0.3, -0.25) is 4.79 Å². The van der Waals surface area contributed by atoms with Crippen LogP contribution in [-0.4, -0.2) is 24.3 Å². The molecule has 27 heavy (non-hydrogen) atoms. The first kappa shape index (κ1) is 19.0. The molecule has 0 radical (unpaired) electrons. The second kappa shape index (κ2) is 8.77. The smallest absolute Gasteiger partial charge is 0.286 e. The van der Waals surface area contributed by atoms with Gasteiger partial charge in [-0.05, 0) is 60.5 Å². The van der Waals surface area contributed by atoms with Gasteiger partial charge in [-0.15, -0.1) is 0 Å². The lowest BCUT2D eigenvalue weighted by Crippen LogP contribution is -2.10. The van der Waals surface area contributed by atoms with Crippen LogP contribution in [-0.2, 0) is 11.2 Å². The molecule has 2 aromatic carbocycles. The molecule has 1 amide bonds. The van der Waals surface area contributed by atoms with Crippen molar-refractivity contribution < 1.29 is 14.3 Å². The number of thioether (sulfide) groups is 1. The zero-order valence-electron chi connectivity index (χ0n) is 15.4. The van der Waals surface area contributed by atoms with Crippen molar-refractivity contribution in [2.24, 2.45) is 10.7 Å². The predicted molar refractivity (Wildman–Crippen MR) is 110 cm³/mol. The van der Waals surface area contributed by atoms with Gasteiger partial charge in [-0.2, -0.15) is 4.99 Å². The molecule has 1 heterocycles. The monoisotopic (exact) mass is 382 g/mol. The number of hydrogen-bond donors (Lipinski definition) is 1. The van der Waals surface area contributed by atoms with Gasteiger partial charge >= 0.3 is 0 Å². The van der Waals surface area contributed by atoms with E-state index >= 15 is 0 Å². The van der Waals surface area contributed by atoms with Crippen molar-refractivity contribution in [1.29, 1.82) is 0 Å². The van der Waals surface area contributed by atoms with E-state index in [-0.39, 0.29) is 11.1 Å². The van der Waals surface area contributed by atoms with Crippen molar-refractivity contribution in [3.63, 3.8) is 0 Å². The standard InChI is InChI=1S/C21H22N2O3S/c1-3-15-10-14(2)11-17(12-15)25-8-9-26-18-7-5-4-6-16(18)13-19-20(24)23-21(22)27-19/h4-7,10-13H,3,8-9H2,1-2H3,(H2,22,23,24). The second-order valence-corrected chi connectivity index (χ2v) is 7.17. The van der Waals surface area contributed by atoms with Crippen LogP contribution in [0.1, 0.15) is 23.6 Å². The summed E-state index contributed by atoms with van der Waals surface area (Å²) < 4.78 is 11.7. The first-order valence-corrected chi connectivity index (χ1v) is 9.60. The first-order chi connectivity index (χ1) is 13.0. The number of benzene rings is 2. The molecule has 6 heteroatoms. The molecule has 0 aromatic heterocycles. The van der Waals surface area contributed by atoms with E-state index in [1.807, 2.05) is 30.3 Å². The lowest BCUT2D eigenvalue weighted by atomic mass is 10.1. The Kier molecular flexibility index (Phi) is 6.19. The summed E-state index contributed by atoms with van der Waals surface area (Å²) in [5.41, 5.74) is 8.84. The van der Waals surface area contributed by atoms with Gasteiger partial charge < -0.3 is 15.2 Å². The van der Waals surface area contributed by atoms with Crippen LogP contribution in [0, 0.1) is 6.92 Å². The van der Waals surface area contributed by atoms with Gasteiger partial charge in [0.05, 0.1) is 4.91 Å². The highest BCUT2D eigenvalue weighted by molar-refractivity contribution is 8.18. The summed E-state index contributed by atoms with van der Waals surface area (Å²) in [4.78, 5) is 16.0. The molecule has 0 atom stereocenters. The molecule has 5 nitrogen and oxygen atoms in total. The van der Waals surface area contributed by atoms with Gasteiger partial charge in [0.1, 0.15) is 24.7 Å². The quantitative estimate of drug-likeness (QED) is 0.580. The molecule has 0 bridgehead atoms. The molecule has 2 aromatic rings. The third-order valence-corrected chi connectivity index (χ3v) is 4.78. The van der Waals surface area contributed by atoms with E-state index in [2.05, 4.69) is 31.0 Å². The van der Waals surface area contributed by atoms with E-state index in [0.29, 0.717) is 23.9 Å². The first-order valence-electron chi connectivity index (χ1n) is 8.78. The van der Waals surface area contributed by atoms with Crippen LogP contribution in [0.3, 0.4) is 0 Å². The molecule has 0 saturated carbocycles. The van der Waals surface area contributed by atoms with E-state index < -0.39 is 0 Å². The molecule has 1 aliphatic heterocycles. The molecule has 0 aliphatic carbocycles. The third kappa shape index (κ3) is 5.14. The van der Waals surface area contributed by atoms with Crippen LogP contribution < -0.4 is 15.2 Å². The van der Waals surface area contributed by atoms with E-state index in [9.17, 15) is 4.79 Å². The molecule has 140 valence electrons. The highest BCUT2D eigenvalue weighted by atomic mass is 32.2. The molecule has 0 spiro atoms. The lowest BCUT2D eigenvalue weighted by Gasteiger charge is -2.12. The third-order valence-electron chi connectivity index (χ3n) is 3.97. The molecule has 3 rings (SSSR count). The average molecular weight is 382 g/mol. The van der Waals surface area contributed by atoms with E-state index in [4.69, 9.17) is 15.2 Å². The topological polar surface area (TPSA) is 73.9 Å². The number of carbonyl (C=O) groups is 1. The summed E-state index contributed by atoms with van der Waals surface area (Å²) in [6.45, 7) is 5.01. The molecular weight excluding hydrogens is 360 g/mol. The van der Waals surface area contributed by atoms with E-state index in [1.165, 1.54) is 22.9 Å². The van der Waals surface area contributed by atoms with Gasteiger partial charge in [0.25, 0.3) is 5.91 Å². The van der Waals surface area contributed by atoms with Gasteiger partial charge in [-0.1, -0.05) is 31.2 Å². The SMILES string of the molecule is CCc1cc(C)cc(OCCOc2ccccc2C=C2SC(N)=NC2=O)c1. The number of hydrogen-bond acceptors (Lipinski definition) is 5.